The molecule has 1 amide bonds. The Morgan fingerprint density at radius 1 is 1.40 bits per heavy atom. The normalized spacial score (nSPS) is 16.4. The number of aliphatic hydroxyl groups excluding tert-OH is 1. The minimum absolute atomic E-state index is 0.143. The molecule has 0 fully saturated rings. The van der Waals surface area contributed by atoms with Crippen molar-refractivity contribution in [1.29, 1.82) is 0 Å². The first-order chi connectivity index (χ1) is 9.79. The first kappa shape index (κ1) is 12.6. The maximum Gasteiger partial charge on any atom is 0.235 e. The van der Waals surface area contributed by atoms with Crippen LogP contribution in [0.4, 0.5) is 5.69 Å². The van der Waals surface area contributed by atoms with Gasteiger partial charge in [0.1, 0.15) is 18.3 Å². The number of carbonyl (C=O) groups excluding carboxylic acids is 1. The highest BCUT2D eigenvalue weighted by molar-refractivity contribution is 5.97. The number of carbonyl (C=O) groups is 1. The van der Waals surface area contributed by atoms with Gasteiger partial charge in [-0.3, -0.25) is 9.78 Å². The van der Waals surface area contributed by atoms with E-state index in [0.717, 1.165) is 11.3 Å². The molecule has 2 heterocycles. The van der Waals surface area contributed by atoms with E-state index in [1.54, 1.807) is 12.3 Å². The lowest BCUT2D eigenvalue weighted by atomic mass is 10.0. The number of benzene rings is 1. The van der Waals surface area contributed by atoms with Gasteiger partial charge in [-0.05, 0) is 12.1 Å². The van der Waals surface area contributed by atoms with E-state index < -0.39 is 0 Å². The van der Waals surface area contributed by atoms with Crippen LogP contribution in [0, 0.1) is 0 Å². The molecule has 0 spiro atoms. The molecule has 1 aliphatic heterocycles. The van der Waals surface area contributed by atoms with Gasteiger partial charge in [-0.1, -0.05) is 18.2 Å². The molecule has 0 aliphatic carbocycles. The Morgan fingerprint density at radius 3 is 3.10 bits per heavy atom. The van der Waals surface area contributed by atoms with Crippen LogP contribution < -0.4 is 10.1 Å². The van der Waals surface area contributed by atoms with E-state index in [1.165, 1.54) is 6.20 Å². The van der Waals surface area contributed by atoms with Crippen molar-refractivity contribution in [3.63, 3.8) is 0 Å². The van der Waals surface area contributed by atoms with Gasteiger partial charge < -0.3 is 15.2 Å². The van der Waals surface area contributed by atoms with Crippen LogP contribution >= 0.6 is 0 Å². The topological polar surface area (TPSA) is 71.5 Å². The number of rotatable bonds is 3. The number of anilines is 1. The quantitative estimate of drug-likeness (QED) is 0.890. The van der Waals surface area contributed by atoms with Crippen molar-refractivity contribution in [1.82, 2.24) is 4.98 Å². The number of para-hydroxylation sites is 1. The summed E-state index contributed by atoms with van der Waals surface area (Å²) in [7, 11) is 0. The largest absolute Gasteiger partial charge is 0.492 e. The zero-order valence-electron chi connectivity index (χ0n) is 10.7. The predicted molar refractivity (Wildman–Crippen MR) is 73.5 cm³/mol. The number of nitrogens with one attached hydrogen (secondary N) is 1. The minimum atomic E-state index is -0.335. The van der Waals surface area contributed by atoms with Crippen molar-refractivity contribution in [2.24, 2.45) is 0 Å². The van der Waals surface area contributed by atoms with E-state index in [0.29, 0.717) is 17.9 Å². The molecular formula is C15H14N2O3. The van der Waals surface area contributed by atoms with Crippen molar-refractivity contribution in [2.75, 3.05) is 11.9 Å². The molecule has 3 rings (SSSR count). The molecule has 2 N–H and O–H groups in total. The number of amides is 1. The van der Waals surface area contributed by atoms with Crippen LogP contribution in [0.2, 0.25) is 0 Å². The molecule has 20 heavy (non-hydrogen) atoms. The molecule has 1 unspecified atom stereocenters. The predicted octanol–water partition coefficient (Wildman–Crippen LogP) is 1.69. The Labute approximate surface area is 116 Å². The zero-order valence-corrected chi connectivity index (χ0v) is 10.7. The second kappa shape index (κ2) is 5.30. The van der Waals surface area contributed by atoms with Crippen LogP contribution in [-0.4, -0.2) is 22.6 Å². The Hall–Kier alpha value is -2.40. The maximum absolute atomic E-state index is 12.3. The second-order valence-corrected chi connectivity index (χ2v) is 4.58. The summed E-state index contributed by atoms with van der Waals surface area (Å²) < 4.78 is 5.50. The first-order valence-corrected chi connectivity index (χ1v) is 6.36. The van der Waals surface area contributed by atoms with Gasteiger partial charge in [0, 0.05) is 17.3 Å². The number of hydrogen-bond acceptors (Lipinski definition) is 4. The molecule has 102 valence electrons. The number of hydrogen-bond donors (Lipinski definition) is 2. The van der Waals surface area contributed by atoms with E-state index in [2.05, 4.69) is 10.3 Å². The summed E-state index contributed by atoms with van der Waals surface area (Å²) in [6.07, 6.45) is 3.11. The Kier molecular flexibility index (Phi) is 3.35. The van der Waals surface area contributed by atoms with Crippen LogP contribution in [0.25, 0.3) is 0 Å². The number of aliphatic hydroxyl groups is 1. The average molecular weight is 270 g/mol. The van der Waals surface area contributed by atoms with E-state index in [1.807, 2.05) is 24.3 Å². The lowest BCUT2D eigenvalue weighted by Crippen LogP contribution is -2.23. The lowest BCUT2D eigenvalue weighted by molar-refractivity contribution is -0.117. The van der Waals surface area contributed by atoms with Gasteiger partial charge in [0.05, 0.1) is 18.5 Å². The lowest BCUT2D eigenvalue weighted by Gasteiger charge is -2.12. The molecule has 0 bridgehead atoms. The zero-order chi connectivity index (χ0) is 13.9. The third-order valence-corrected chi connectivity index (χ3v) is 3.36. The smallest absolute Gasteiger partial charge is 0.235 e. The van der Waals surface area contributed by atoms with Gasteiger partial charge in [0.15, 0.2) is 0 Å². The Balaban J connectivity index is 1.81. The van der Waals surface area contributed by atoms with Gasteiger partial charge in [-0.15, -0.1) is 0 Å². The van der Waals surface area contributed by atoms with Crippen LogP contribution in [0.3, 0.4) is 0 Å². The van der Waals surface area contributed by atoms with Crippen molar-refractivity contribution >= 4 is 11.6 Å². The fourth-order valence-electron chi connectivity index (χ4n) is 2.27. The third kappa shape index (κ3) is 2.23. The van der Waals surface area contributed by atoms with E-state index in [-0.39, 0.29) is 18.4 Å². The summed E-state index contributed by atoms with van der Waals surface area (Å²) in [5.41, 5.74) is 2.06. The molecule has 1 atom stereocenters. The van der Waals surface area contributed by atoms with Gasteiger partial charge >= 0.3 is 0 Å². The number of nitrogens with zero attached hydrogens (tertiary/aromatic N) is 1. The summed E-state index contributed by atoms with van der Waals surface area (Å²) in [6.45, 7) is 0.190. The minimum Gasteiger partial charge on any atom is -0.492 e. The van der Waals surface area contributed by atoms with E-state index >= 15 is 0 Å². The molecule has 0 saturated heterocycles. The second-order valence-electron chi connectivity index (χ2n) is 4.58. The number of ether oxygens (including phenoxy) is 1. The van der Waals surface area contributed by atoms with Gasteiger partial charge in [0.25, 0.3) is 0 Å². The molecule has 2 aromatic rings. The maximum atomic E-state index is 12.3. The fraction of sp³-hybridized carbons (Fsp3) is 0.200. The standard InChI is InChI=1S/C15H14N2O3/c18-8-10-5-6-16-7-13(10)17-15(19)12-9-20-14-4-2-1-3-11(12)14/h1-7,12,18H,8-9H2,(H,17,19). The number of aromatic nitrogens is 1. The van der Waals surface area contributed by atoms with Crippen molar-refractivity contribution in [3.05, 3.63) is 53.9 Å². The van der Waals surface area contributed by atoms with Gasteiger partial charge in [-0.2, -0.15) is 0 Å². The third-order valence-electron chi connectivity index (χ3n) is 3.36. The van der Waals surface area contributed by atoms with Crippen LogP contribution in [0.1, 0.15) is 17.0 Å². The monoisotopic (exact) mass is 270 g/mol. The van der Waals surface area contributed by atoms with Crippen molar-refractivity contribution < 1.29 is 14.6 Å². The summed E-state index contributed by atoms with van der Waals surface area (Å²) in [5, 5.41) is 12.1. The molecule has 1 aliphatic rings. The molecular weight excluding hydrogens is 256 g/mol. The molecule has 5 nitrogen and oxygen atoms in total. The summed E-state index contributed by atoms with van der Waals surface area (Å²) in [5.74, 6) is 0.261. The molecule has 5 heteroatoms. The van der Waals surface area contributed by atoms with Crippen molar-refractivity contribution in [2.45, 2.75) is 12.5 Å². The average Bonchev–Trinajstić information content (AvgIpc) is 2.92. The molecule has 0 saturated carbocycles. The van der Waals surface area contributed by atoms with Gasteiger partial charge in [0.2, 0.25) is 5.91 Å². The van der Waals surface area contributed by atoms with Crippen LogP contribution in [-0.2, 0) is 11.4 Å². The first-order valence-electron chi connectivity index (χ1n) is 6.36. The number of pyridine rings is 1. The van der Waals surface area contributed by atoms with Crippen LogP contribution in [0.5, 0.6) is 5.75 Å². The highest BCUT2D eigenvalue weighted by Crippen LogP contribution is 2.34. The summed E-state index contributed by atoms with van der Waals surface area (Å²) in [4.78, 5) is 16.3. The highest BCUT2D eigenvalue weighted by atomic mass is 16.5. The fourth-order valence-corrected chi connectivity index (χ4v) is 2.27. The van der Waals surface area contributed by atoms with Crippen molar-refractivity contribution in [3.8, 4) is 5.75 Å². The summed E-state index contributed by atoms with van der Waals surface area (Å²) in [6, 6.07) is 9.18. The summed E-state index contributed by atoms with van der Waals surface area (Å²) >= 11 is 0. The SMILES string of the molecule is O=C(Nc1cnccc1CO)C1COc2ccccc21. The van der Waals surface area contributed by atoms with E-state index in [4.69, 9.17) is 4.74 Å². The Bertz CT molecular complexity index is 643. The van der Waals surface area contributed by atoms with Gasteiger partial charge in [-0.25, -0.2) is 0 Å². The highest BCUT2D eigenvalue weighted by Gasteiger charge is 2.30. The van der Waals surface area contributed by atoms with Crippen LogP contribution in [0.15, 0.2) is 42.7 Å². The molecule has 1 aromatic heterocycles. The molecule has 1 aromatic carbocycles. The Morgan fingerprint density at radius 2 is 2.25 bits per heavy atom. The number of fused-ring (bicyclic) bond motifs is 1. The van der Waals surface area contributed by atoms with E-state index in [9.17, 15) is 9.90 Å². The molecule has 0 radical (unpaired) electrons.